The zero-order valence-electron chi connectivity index (χ0n) is 15.9. The summed E-state index contributed by atoms with van der Waals surface area (Å²) in [6.07, 6.45) is 0. The summed E-state index contributed by atoms with van der Waals surface area (Å²) >= 11 is 5.95. The first-order chi connectivity index (χ1) is 14.1. The second-order valence-electron chi connectivity index (χ2n) is 6.86. The molecular formula is C24H20ClN3O. The lowest BCUT2D eigenvalue weighted by atomic mass is 10.1. The van der Waals surface area contributed by atoms with Crippen LogP contribution in [0.25, 0.3) is 22.5 Å². The molecule has 0 radical (unpaired) electrons. The summed E-state index contributed by atoms with van der Waals surface area (Å²) in [5.74, 6) is -0.100. The lowest BCUT2D eigenvalue weighted by molar-refractivity contribution is 0.0940. The number of nitrogens with zero attached hydrogens (tertiary/aromatic N) is 1. The fraction of sp³-hybridized carbons (Fsp3) is 0.0833. The van der Waals surface area contributed by atoms with Crippen molar-refractivity contribution in [3.05, 3.63) is 101 Å². The number of hydrogen-bond acceptors (Lipinski definition) is 2. The molecule has 4 aromatic rings. The van der Waals surface area contributed by atoms with Crippen molar-refractivity contribution >= 4 is 17.5 Å². The molecular weight excluding hydrogens is 382 g/mol. The Hall–Kier alpha value is -3.37. The molecule has 0 aliphatic rings. The molecule has 0 saturated carbocycles. The van der Waals surface area contributed by atoms with Gasteiger partial charge in [0.25, 0.3) is 5.91 Å². The summed E-state index contributed by atoms with van der Waals surface area (Å²) in [5, 5.41) is 11.2. The van der Waals surface area contributed by atoms with Crippen molar-refractivity contribution in [2.75, 3.05) is 0 Å². The summed E-state index contributed by atoms with van der Waals surface area (Å²) in [7, 11) is 0. The van der Waals surface area contributed by atoms with E-state index < -0.39 is 0 Å². The van der Waals surface area contributed by atoms with E-state index >= 15 is 0 Å². The van der Waals surface area contributed by atoms with Crippen LogP contribution in [0.2, 0.25) is 5.02 Å². The molecule has 3 aromatic carbocycles. The molecule has 0 bridgehead atoms. The van der Waals surface area contributed by atoms with Crippen molar-refractivity contribution in [3.8, 4) is 22.5 Å². The third-order valence-electron chi connectivity index (χ3n) is 4.82. The van der Waals surface area contributed by atoms with Gasteiger partial charge in [-0.05, 0) is 48.4 Å². The zero-order chi connectivity index (χ0) is 20.2. The largest absolute Gasteiger partial charge is 0.346 e. The third kappa shape index (κ3) is 4.39. The summed E-state index contributed by atoms with van der Waals surface area (Å²) in [4.78, 5) is 12.5. The molecule has 29 heavy (non-hydrogen) atoms. The van der Waals surface area contributed by atoms with Gasteiger partial charge in [0.2, 0.25) is 0 Å². The molecule has 1 heterocycles. The van der Waals surface area contributed by atoms with E-state index in [0.29, 0.717) is 10.6 Å². The molecule has 4 rings (SSSR count). The normalized spacial score (nSPS) is 11.8. The highest BCUT2D eigenvalue weighted by atomic mass is 35.5. The quantitative estimate of drug-likeness (QED) is 0.438. The standard InChI is InChI=1S/C24H20ClN3O/c1-16(17-5-3-2-4-6-17)26-24(29)20-9-7-18(8-10-20)22-15-23(28-27-22)19-11-13-21(25)14-12-19/h2-16H,1H3,(H,26,29)(H,27,28)/t16-/m0/s1. The van der Waals surface area contributed by atoms with E-state index in [2.05, 4.69) is 15.5 Å². The van der Waals surface area contributed by atoms with Gasteiger partial charge in [-0.2, -0.15) is 5.10 Å². The molecule has 1 amide bonds. The Bertz CT molecular complexity index is 1100. The van der Waals surface area contributed by atoms with Crippen molar-refractivity contribution < 1.29 is 4.79 Å². The first-order valence-electron chi connectivity index (χ1n) is 9.38. The van der Waals surface area contributed by atoms with Crippen molar-refractivity contribution in [2.45, 2.75) is 13.0 Å². The van der Waals surface area contributed by atoms with Crippen LogP contribution in [-0.4, -0.2) is 16.1 Å². The van der Waals surface area contributed by atoms with Gasteiger partial charge in [0.1, 0.15) is 0 Å². The number of aromatic nitrogens is 2. The van der Waals surface area contributed by atoms with Crippen LogP contribution in [-0.2, 0) is 0 Å². The average Bonchev–Trinajstić information content (AvgIpc) is 3.25. The van der Waals surface area contributed by atoms with Gasteiger partial charge in [-0.25, -0.2) is 0 Å². The van der Waals surface area contributed by atoms with Crippen LogP contribution in [0.15, 0.2) is 84.9 Å². The highest BCUT2D eigenvalue weighted by Crippen LogP contribution is 2.25. The van der Waals surface area contributed by atoms with E-state index in [1.807, 2.05) is 91.9 Å². The molecule has 0 spiro atoms. The maximum Gasteiger partial charge on any atom is 0.251 e. The summed E-state index contributed by atoms with van der Waals surface area (Å²) in [6.45, 7) is 1.98. The van der Waals surface area contributed by atoms with Crippen LogP contribution in [0, 0.1) is 0 Å². The highest BCUT2D eigenvalue weighted by molar-refractivity contribution is 6.30. The Kier molecular flexibility index (Phi) is 5.45. The Morgan fingerprint density at radius 1 is 0.931 bits per heavy atom. The first-order valence-corrected chi connectivity index (χ1v) is 9.75. The minimum absolute atomic E-state index is 0.0587. The summed E-state index contributed by atoms with van der Waals surface area (Å²) < 4.78 is 0. The topological polar surface area (TPSA) is 57.8 Å². The summed E-state index contributed by atoms with van der Waals surface area (Å²) in [6, 6.07) is 26.9. The lowest BCUT2D eigenvalue weighted by Crippen LogP contribution is -2.26. The Balaban J connectivity index is 1.46. The van der Waals surface area contributed by atoms with E-state index in [0.717, 1.165) is 28.1 Å². The third-order valence-corrected chi connectivity index (χ3v) is 5.08. The van der Waals surface area contributed by atoms with E-state index in [9.17, 15) is 4.79 Å². The lowest BCUT2D eigenvalue weighted by Gasteiger charge is -2.14. The SMILES string of the molecule is C[C@H](NC(=O)c1ccc(-c2cc(-c3ccc(Cl)cc3)[nH]n2)cc1)c1ccccc1. The number of benzene rings is 3. The molecule has 144 valence electrons. The molecule has 5 heteroatoms. The van der Waals surface area contributed by atoms with Gasteiger partial charge >= 0.3 is 0 Å². The van der Waals surface area contributed by atoms with Crippen LogP contribution in [0.4, 0.5) is 0 Å². The maximum atomic E-state index is 12.5. The molecule has 0 aliphatic carbocycles. The number of H-pyrrole nitrogens is 1. The van der Waals surface area contributed by atoms with Crippen LogP contribution >= 0.6 is 11.6 Å². The monoisotopic (exact) mass is 401 g/mol. The predicted molar refractivity (Wildman–Crippen MR) is 117 cm³/mol. The van der Waals surface area contributed by atoms with Gasteiger partial charge in [-0.3, -0.25) is 9.89 Å². The van der Waals surface area contributed by atoms with Gasteiger partial charge in [0, 0.05) is 16.1 Å². The number of halogens is 1. The minimum atomic E-state index is -0.100. The second kappa shape index (κ2) is 8.33. The van der Waals surface area contributed by atoms with E-state index in [4.69, 9.17) is 11.6 Å². The number of hydrogen-bond donors (Lipinski definition) is 2. The fourth-order valence-corrected chi connectivity index (χ4v) is 3.27. The van der Waals surface area contributed by atoms with Gasteiger partial charge in [-0.1, -0.05) is 66.2 Å². The molecule has 4 nitrogen and oxygen atoms in total. The molecule has 0 unspecified atom stereocenters. The van der Waals surface area contributed by atoms with Crippen LogP contribution in [0.3, 0.4) is 0 Å². The van der Waals surface area contributed by atoms with Crippen molar-refractivity contribution in [1.82, 2.24) is 15.5 Å². The van der Waals surface area contributed by atoms with E-state index in [1.54, 1.807) is 0 Å². The number of nitrogens with one attached hydrogen (secondary N) is 2. The molecule has 1 atom stereocenters. The summed E-state index contributed by atoms with van der Waals surface area (Å²) in [5.41, 5.74) is 5.37. The molecule has 2 N–H and O–H groups in total. The number of carbonyl (C=O) groups is 1. The number of aromatic amines is 1. The second-order valence-corrected chi connectivity index (χ2v) is 7.29. The van der Waals surface area contributed by atoms with Gasteiger partial charge < -0.3 is 5.32 Å². The molecule has 0 fully saturated rings. The number of amides is 1. The average molecular weight is 402 g/mol. The van der Waals surface area contributed by atoms with E-state index in [-0.39, 0.29) is 11.9 Å². The number of rotatable bonds is 5. The first kappa shape index (κ1) is 19.0. The zero-order valence-corrected chi connectivity index (χ0v) is 16.6. The van der Waals surface area contributed by atoms with Crippen molar-refractivity contribution in [3.63, 3.8) is 0 Å². The fourth-order valence-electron chi connectivity index (χ4n) is 3.14. The van der Waals surface area contributed by atoms with Crippen molar-refractivity contribution in [2.24, 2.45) is 0 Å². The Morgan fingerprint density at radius 3 is 2.28 bits per heavy atom. The molecule has 0 saturated heterocycles. The maximum absolute atomic E-state index is 12.5. The molecule has 0 aliphatic heterocycles. The van der Waals surface area contributed by atoms with E-state index in [1.165, 1.54) is 0 Å². The Morgan fingerprint density at radius 2 is 1.59 bits per heavy atom. The van der Waals surface area contributed by atoms with Gasteiger partial charge in [-0.15, -0.1) is 0 Å². The van der Waals surface area contributed by atoms with Gasteiger partial charge in [0.15, 0.2) is 0 Å². The highest BCUT2D eigenvalue weighted by Gasteiger charge is 2.12. The molecule has 1 aromatic heterocycles. The Labute approximate surface area is 174 Å². The van der Waals surface area contributed by atoms with Crippen molar-refractivity contribution in [1.29, 1.82) is 0 Å². The van der Waals surface area contributed by atoms with Crippen LogP contribution < -0.4 is 5.32 Å². The van der Waals surface area contributed by atoms with Gasteiger partial charge in [0.05, 0.1) is 17.4 Å². The predicted octanol–water partition coefficient (Wildman–Crippen LogP) is 5.89. The minimum Gasteiger partial charge on any atom is -0.346 e. The number of carbonyl (C=O) groups excluding carboxylic acids is 1. The van der Waals surface area contributed by atoms with Crippen LogP contribution in [0.1, 0.15) is 28.9 Å². The smallest absolute Gasteiger partial charge is 0.251 e. The van der Waals surface area contributed by atoms with Crippen LogP contribution in [0.5, 0.6) is 0 Å².